The van der Waals surface area contributed by atoms with Crippen LogP contribution in [0.15, 0.2) is 18.3 Å². The molecule has 4 unspecified atom stereocenters. The van der Waals surface area contributed by atoms with Crippen LogP contribution in [0.4, 0.5) is 5.82 Å². The van der Waals surface area contributed by atoms with Crippen LogP contribution in [0.25, 0.3) is 0 Å². The first-order valence-corrected chi connectivity index (χ1v) is 13.3. The molecule has 7 heteroatoms. The van der Waals surface area contributed by atoms with Crippen LogP contribution in [0.3, 0.4) is 0 Å². The lowest BCUT2D eigenvalue weighted by atomic mass is 9.64. The van der Waals surface area contributed by atoms with Gasteiger partial charge in [-0.05, 0) is 69.9 Å². The molecule has 2 saturated carbocycles. The average Bonchev–Trinajstić information content (AvgIpc) is 2.81. The van der Waals surface area contributed by atoms with E-state index in [1.54, 1.807) is 12.3 Å². The Morgan fingerprint density at radius 3 is 2.44 bits per heavy atom. The molecule has 34 heavy (non-hydrogen) atoms. The van der Waals surface area contributed by atoms with Crippen LogP contribution in [0.2, 0.25) is 0 Å². The number of nitrogens with zero attached hydrogens (tertiary/aromatic N) is 2. The zero-order valence-corrected chi connectivity index (χ0v) is 21.6. The molecule has 0 aliphatic heterocycles. The van der Waals surface area contributed by atoms with E-state index in [2.05, 4.69) is 48.2 Å². The van der Waals surface area contributed by atoms with Crippen molar-refractivity contribution in [2.75, 3.05) is 12.3 Å². The molecule has 1 aromatic heterocycles. The number of carbonyl (C=O) groups excluding carboxylic acids is 2. The maximum atomic E-state index is 13.3. The summed E-state index contributed by atoms with van der Waals surface area (Å²) in [5, 5.41) is 6.15. The highest BCUT2D eigenvalue weighted by molar-refractivity contribution is 5.88. The van der Waals surface area contributed by atoms with E-state index in [0.29, 0.717) is 30.7 Å². The number of anilines is 1. The van der Waals surface area contributed by atoms with E-state index < -0.39 is 6.04 Å². The van der Waals surface area contributed by atoms with Crippen molar-refractivity contribution >= 4 is 17.6 Å². The minimum Gasteiger partial charge on any atom is -0.384 e. The van der Waals surface area contributed by atoms with E-state index in [4.69, 9.17) is 5.73 Å². The third kappa shape index (κ3) is 7.42. The number of fused-ring (bicyclic) bond motifs is 1. The van der Waals surface area contributed by atoms with E-state index in [9.17, 15) is 9.59 Å². The van der Waals surface area contributed by atoms with Gasteiger partial charge in [-0.3, -0.25) is 14.5 Å². The standard InChI is InChI=1S/C27H45N5O2/c1-18(2)32(19(3)4)17-26(33)31-24(27(34)30-16-20-12-13-25(28)29-15-20)14-22-10-7-9-21-8-5-6-11-23(21)22/h12-13,15,18-19,21-24H,5-11,14,16-17H2,1-4H3,(H2,28,29)(H,30,34)(H,31,33). The summed E-state index contributed by atoms with van der Waals surface area (Å²) in [6, 6.07) is 3.61. The molecule has 0 spiro atoms. The molecule has 0 aromatic carbocycles. The van der Waals surface area contributed by atoms with E-state index in [1.807, 2.05) is 6.07 Å². The normalized spacial score (nSPS) is 23.6. The first-order valence-electron chi connectivity index (χ1n) is 13.3. The summed E-state index contributed by atoms with van der Waals surface area (Å²) in [4.78, 5) is 32.6. The highest BCUT2D eigenvalue weighted by atomic mass is 16.2. The molecule has 0 bridgehead atoms. The van der Waals surface area contributed by atoms with Gasteiger partial charge >= 0.3 is 0 Å². The number of hydrogen-bond donors (Lipinski definition) is 3. The van der Waals surface area contributed by atoms with Crippen LogP contribution in [-0.4, -0.2) is 46.4 Å². The van der Waals surface area contributed by atoms with Crippen LogP contribution < -0.4 is 16.4 Å². The fourth-order valence-corrected chi connectivity index (χ4v) is 6.12. The van der Waals surface area contributed by atoms with Gasteiger partial charge in [0.05, 0.1) is 6.54 Å². The van der Waals surface area contributed by atoms with Crippen LogP contribution in [0.1, 0.15) is 84.6 Å². The van der Waals surface area contributed by atoms with Crippen molar-refractivity contribution in [1.29, 1.82) is 0 Å². The van der Waals surface area contributed by atoms with Gasteiger partial charge in [-0.2, -0.15) is 0 Å². The smallest absolute Gasteiger partial charge is 0.242 e. The van der Waals surface area contributed by atoms with E-state index >= 15 is 0 Å². The Morgan fingerprint density at radius 1 is 1.06 bits per heavy atom. The highest BCUT2D eigenvalue weighted by Crippen LogP contribution is 2.45. The van der Waals surface area contributed by atoms with Gasteiger partial charge in [-0.25, -0.2) is 4.98 Å². The Labute approximate surface area is 205 Å². The summed E-state index contributed by atoms with van der Waals surface area (Å²) in [6.07, 6.45) is 11.4. The van der Waals surface area contributed by atoms with Crippen LogP contribution in [-0.2, 0) is 16.1 Å². The monoisotopic (exact) mass is 471 g/mol. The molecule has 2 fully saturated rings. The lowest BCUT2D eigenvalue weighted by Crippen LogP contribution is -2.52. The number of nitrogen functional groups attached to an aromatic ring is 1. The average molecular weight is 472 g/mol. The molecule has 3 rings (SSSR count). The molecule has 1 heterocycles. The Bertz CT molecular complexity index is 785. The van der Waals surface area contributed by atoms with Crippen molar-refractivity contribution in [3.63, 3.8) is 0 Å². The number of nitrogens with two attached hydrogens (primary N) is 1. The number of amides is 2. The van der Waals surface area contributed by atoms with E-state index in [0.717, 1.165) is 24.3 Å². The predicted molar refractivity (Wildman–Crippen MR) is 137 cm³/mol. The van der Waals surface area contributed by atoms with Crippen molar-refractivity contribution in [3.8, 4) is 0 Å². The minimum absolute atomic E-state index is 0.0762. The van der Waals surface area contributed by atoms with Crippen molar-refractivity contribution in [2.24, 2.45) is 17.8 Å². The number of carbonyl (C=O) groups is 2. The third-order valence-electron chi connectivity index (χ3n) is 7.88. The van der Waals surface area contributed by atoms with Gasteiger partial charge in [0, 0.05) is 24.8 Å². The van der Waals surface area contributed by atoms with Gasteiger partial charge < -0.3 is 16.4 Å². The van der Waals surface area contributed by atoms with Crippen LogP contribution in [0.5, 0.6) is 0 Å². The van der Waals surface area contributed by atoms with Crippen molar-refractivity contribution in [2.45, 2.75) is 104 Å². The van der Waals surface area contributed by atoms with E-state index in [-0.39, 0.29) is 23.9 Å². The van der Waals surface area contributed by atoms with Gasteiger partial charge in [0.15, 0.2) is 0 Å². The first-order chi connectivity index (χ1) is 16.2. The van der Waals surface area contributed by atoms with Gasteiger partial charge in [0.1, 0.15) is 11.9 Å². The summed E-state index contributed by atoms with van der Waals surface area (Å²) in [7, 11) is 0. The highest BCUT2D eigenvalue weighted by Gasteiger charge is 2.37. The number of nitrogens with one attached hydrogen (secondary N) is 2. The molecule has 7 nitrogen and oxygen atoms in total. The zero-order chi connectivity index (χ0) is 24.7. The number of hydrogen-bond acceptors (Lipinski definition) is 5. The number of rotatable bonds is 10. The SMILES string of the molecule is CC(C)N(CC(=O)NC(CC1CCCC2CCCCC21)C(=O)NCc1ccc(N)nc1)C(C)C. The second-order valence-corrected chi connectivity index (χ2v) is 10.9. The molecule has 1 aromatic rings. The summed E-state index contributed by atoms with van der Waals surface area (Å²) in [5.74, 6) is 2.26. The van der Waals surface area contributed by atoms with Crippen molar-refractivity contribution in [1.82, 2.24) is 20.5 Å². The van der Waals surface area contributed by atoms with Gasteiger partial charge in [0.2, 0.25) is 11.8 Å². The molecule has 0 radical (unpaired) electrons. The summed E-state index contributed by atoms with van der Waals surface area (Å²) in [6.45, 7) is 9.08. The second-order valence-electron chi connectivity index (χ2n) is 10.9. The molecule has 190 valence electrons. The topological polar surface area (TPSA) is 100 Å². The molecule has 4 N–H and O–H groups in total. The Balaban J connectivity index is 1.68. The maximum absolute atomic E-state index is 13.3. The summed E-state index contributed by atoms with van der Waals surface area (Å²) >= 11 is 0. The molecular formula is C27H45N5O2. The number of pyridine rings is 1. The quantitative estimate of drug-likeness (QED) is 0.481. The molecule has 0 saturated heterocycles. The second kappa shape index (κ2) is 12.5. The van der Waals surface area contributed by atoms with E-state index in [1.165, 1.54) is 38.5 Å². The fourth-order valence-electron chi connectivity index (χ4n) is 6.12. The Morgan fingerprint density at radius 2 is 1.76 bits per heavy atom. The molecule has 4 atom stereocenters. The lowest BCUT2D eigenvalue weighted by molar-refractivity contribution is -0.130. The largest absolute Gasteiger partial charge is 0.384 e. The van der Waals surface area contributed by atoms with Gasteiger partial charge in [0.25, 0.3) is 0 Å². The molecular weight excluding hydrogens is 426 g/mol. The summed E-state index contributed by atoms with van der Waals surface area (Å²) < 4.78 is 0. The van der Waals surface area contributed by atoms with Crippen molar-refractivity contribution < 1.29 is 9.59 Å². The zero-order valence-electron chi connectivity index (χ0n) is 21.6. The van der Waals surface area contributed by atoms with Gasteiger partial charge in [-0.15, -0.1) is 0 Å². The molecule has 2 aliphatic carbocycles. The summed E-state index contributed by atoms with van der Waals surface area (Å²) in [5.41, 5.74) is 6.57. The Kier molecular flexibility index (Phi) is 9.74. The maximum Gasteiger partial charge on any atom is 0.242 e. The van der Waals surface area contributed by atoms with Gasteiger partial charge in [-0.1, -0.05) is 44.6 Å². The van der Waals surface area contributed by atoms with Crippen molar-refractivity contribution in [3.05, 3.63) is 23.9 Å². The molecule has 2 aliphatic rings. The Hall–Kier alpha value is -2.15. The third-order valence-corrected chi connectivity index (χ3v) is 7.88. The number of aromatic nitrogens is 1. The van der Waals surface area contributed by atoms with Crippen LogP contribution in [0, 0.1) is 17.8 Å². The molecule has 2 amide bonds. The first kappa shape index (κ1) is 26.5. The fraction of sp³-hybridized carbons (Fsp3) is 0.741. The minimum atomic E-state index is -0.513. The van der Waals surface area contributed by atoms with Crippen LogP contribution >= 0.6 is 0 Å². The predicted octanol–water partition coefficient (Wildman–Crippen LogP) is 3.88. The lowest BCUT2D eigenvalue weighted by Gasteiger charge is -2.42.